The zero-order valence-electron chi connectivity index (χ0n) is 27.4. The molecule has 1 aliphatic carbocycles. The first kappa shape index (κ1) is 28.4. The molecular formula is C46H28N4S. The van der Waals surface area contributed by atoms with Gasteiger partial charge in [0.05, 0.1) is 11.0 Å². The van der Waals surface area contributed by atoms with E-state index in [9.17, 15) is 0 Å². The molecule has 3 aromatic heterocycles. The smallest absolute Gasteiger partial charge is 0.238 e. The topological polar surface area (TPSA) is 43.6 Å². The zero-order chi connectivity index (χ0) is 33.5. The van der Waals surface area contributed by atoms with Gasteiger partial charge in [-0.1, -0.05) is 140 Å². The Morgan fingerprint density at radius 2 is 1.06 bits per heavy atom. The monoisotopic (exact) mass is 668 g/mol. The number of aromatic nitrogens is 4. The molecule has 0 saturated heterocycles. The quantitative estimate of drug-likeness (QED) is 0.187. The zero-order valence-corrected chi connectivity index (χ0v) is 28.2. The fourth-order valence-electron chi connectivity index (χ4n) is 8.15. The van der Waals surface area contributed by atoms with E-state index in [4.69, 9.17) is 15.0 Å². The van der Waals surface area contributed by atoms with Crippen molar-refractivity contribution >= 4 is 53.3 Å². The summed E-state index contributed by atoms with van der Waals surface area (Å²) in [5.74, 6) is 2.12. The first-order valence-electron chi connectivity index (χ1n) is 17.2. The van der Waals surface area contributed by atoms with Crippen LogP contribution in [0.15, 0.2) is 164 Å². The molecule has 1 aliphatic rings. The van der Waals surface area contributed by atoms with E-state index in [1.165, 1.54) is 58.8 Å². The van der Waals surface area contributed by atoms with E-state index in [-0.39, 0.29) is 5.92 Å². The number of para-hydroxylation sites is 1. The summed E-state index contributed by atoms with van der Waals surface area (Å²) in [6.07, 6.45) is 0. The standard InChI is InChI=1S/C46H28N4S/c1-3-13-28(14-4-1)44-47-45(29-15-5-2-6-16-29)49-46(48-44)50-37-22-12-11-21-35(37)42-38(50)25-26-39-43(42)36-24-23-30(27-40(36)51-39)41-33-19-9-7-17-31(33)32-18-8-10-20-34(32)41/h1-27,41H. The van der Waals surface area contributed by atoms with Gasteiger partial charge in [0, 0.05) is 48.0 Å². The van der Waals surface area contributed by atoms with Crippen LogP contribution in [0.1, 0.15) is 22.6 Å². The largest absolute Gasteiger partial charge is 0.278 e. The fourth-order valence-corrected chi connectivity index (χ4v) is 9.31. The van der Waals surface area contributed by atoms with Gasteiger partial charge in [0.2, 0.25) is 5.95 Å². The van der Waals surface area contributed by atoms with Crippen LogP contribution < -0.4 is 0 Å². The van der Waals surface area contributed by atoms with Crippen molar-refractivity contribution in [3.63, 3.8) is 0 Å². The van der Waals surface area contributed by atoms with Gasteiger partial charge >= 0.3 is 0 Å². The molecular weight excluding hydrogens is 641 g/mol. The van der Waals surface area contributed by atoms with Gasteiger partial charge in [-0.25, -0.2) is 4.98 Å². The van der Waals surface area contributed by atoms with Gasteiger partial charge < -0.3 is 0 Å². The van der Waals surface area contributed by atoms with Crippen LogP contribution in [0, 0.1) is 0 Å². The Morgan fingerprint density at radius 1 is 0.451 bits per heavy atom. The molecule has 0 spiro atoms. The van der Waals surface area contributed by atoms with E-state index in [0.717, 1.165) is 22.2 Å². The van der Waals surface area contributed by atoms with E-state index in [1.807, 2.05) is 47.7 Å². The van der Waals surface area contributed by atoms with Crippen LogP contribution in [0.3, 0.4) is 0 Å². The molecule has 0 radical (unpaired) electrons. The second-order valence-electron chi connectivity index (χ2n) is 13.2. The number of thiophene rings is 1. The molecule has 0 saturated carbocycles. The average Bonchev–Trinajstić information content (AvgIpc) is 3.85. The Labute approximate surface area is 298 Å². The molecule has 0 bridgehead atoms. The lowest BCUT2D eigenvalue weighted by atomic mass is 9.89. The molecule has 51 heavy (non-hydrogen) atoms. The van der Waals surface area contributed by atoms with Crippen LogP contribution in [0.4, 0.5) is 0 Å². The number of hydrogen-bond acceptors (Lipinski definition) is 4. The van der Waals surface area contributed by atoms with Crippen molar-refractivity contribution in [2.24, 2.45) is 0 Å². The van der Waals surface area contributed by atoms with Gasteiger partial charge in [-0.05, 0) is 52.1 Å². The molecule has 11 rings (SSSR count). The maximum absolute atomic E-state index is 5.14. The highest BCUT2D eigenvalue weighted by atomic mass is 32.1. The number of fused-ring (bicyclic) bond motifs is 10. The van der Waals surface area contributed by atoms with E-state index in [1.54, 1.807) is 0 Å². The SMILES string of the molecule is c1ccc(-c2nc(-c3ccccc3)nc(-n3c4ccccc4c4c5c(ccc43)sc3cc(C4c6ccccc6-c6ccccc64)ccc35)n2)cc1. The van der Waals surface area contributed by atoms with Crippen LogP contribution in [0.2, 0.25) is 0 Å². The summed E-state index contributed by atoms with van der Waals surface area (Å²) in [5, 5.41) is 4.96. The van der Waals surface area contributed by atoms with E-state index >= 15 is 0 Å². The summed E-state index contributed by atoms with van der Waals surface area (Å²) in [6.45, 7) is 0. The van der Waals surface area contributed by atoms with Crippen LogP contribution in [-0.4, -0.2) is 19.5 Å². The van der Waals surface area contributed by atoms with Crippen LogP contribution in [-0.2, 0) is 0 Å². The van der Waals surface area contributed by atoms with Gasteiger partial charge in [-0.2, -0.15) is 9.97 Å². The van der Waals surface area contributed by atoms with Crippen molar-refractivity contribution in [2.45, 2.75) is 5.92 Å². The van der Waals surface area contributed by atoms with Crippen molar-refractivity contribution in [1.82, 2.24) is 19.5 Å². The molecule has 10 aromatic rings. The molecule has 3 heterocycles. The Morgan fingerprint density at radius 3 is 1.75 bits per heavy atom. The highest BCUT2D eigenvalue weighted by molar-refractivity contribution is 7.26. The van der Waals surface area contributed by atoms with Crippen LogP contribution in [0.25, 0.3) is 81.8 Å². The Bertz CT molecular complexity index is 2880. The summed E-state index contributed by atoms with van der Waals surface area (Å²) >= 11 is 1.87. The third-order valence-corrected chi connectivity index (χ3v) is 11.5. The van der Waals surface area contributed by atoms with Crippen molar-refractivity contribution in [1.29, 1.82) is 0 Å². The Balaban J connectivity index is 1.15. The predicted octanol–water partition coefficient (Wildman–Crippen LogP) is 11.8. The second kappa shape index (κ2) is 11.0. The molecule has 0 fully saturated rings. The summed E-state index contributed by atoms with van der Waals surface area (Å²) < 4.78 is 4.79. The van der Waals surface area contributed by atoms with Crippen molar-refractivity contribution < 1.29 is 0 Å². The average molecular weight is 669 g/mol. The Hall–Kier alpha value is -6.43. The highest BCUT2D eigenvalue weighted by Crippen LogP contribution is 2.50. The molecule has 5 heteroatoms. The van der Waals surface area contributed by atoms with Crippen LogP contribution >= 0.6 is 11.3 Å². The van der Waals surface area contributed by atoms with Crippen LogP contribution in [0.5, 0.6) is 0 Å². The van der Waals surface area contributed by atoms with Gasteiger partial charge in [0.25, 0.3) is 0 Å². The minimum absolute atomic E-state index is 0.218. The van der Waals surface area contributed by atoms with Crippen molar-refractivity contribution in [3.05, 3.63) is 180 Å². The number of hydrogen-bond donors (Lipinski definition) is 0. The molecule has 0 atom stereocenters. The van der Waals surface area contributed by atoms with Gasteiger partial charge in [-0.3, -0.25) is 4.57 Å². The third kappa shape index (κ3) is 4.28. The van der Waals surface area contributed by atoms with Gasteiger partial charge in [0.15, 0.2) is 11.6 Å². The molecule has 0 aliphatic heterocycles. The van der Waals surface area contributed by atoms with Gasteiger partial charge in [0.1, 0.15) is 0 Å². The van der Waals surface area contributed by atoms with E-state index < -0.39 is 0 Å². The molecule has 4 nitrogen and oxygen atoms in total. The number of rotatable bonds is 4. The molecule has 238 valence electrons. The second-order valence-corrected chi connectivity index (χ2v) is 14.2. The molecule has 0 amide bonds. The maximum Gasteiger partial charge on any atom is 0.238 e. The first-order chi connectivity index (χ1) is 25.3. The van der Waals surface area contributed by atoms with E-state index in [2.05, 4.69) is 132 Å². The first-order valence-corrected chi connectivity index (χ1v) is 18.1. The predicted molar refractivity (Wildman–Crippen MR) is 211 cm³/mol. The lowest BCUT2D eigenvalue weighted by molar-refractivity contribution is 0.953. The maximum atomic E-state index is 5.14. The van der Waals surface area contributed by atoms with Crippen molar-refractivity contribution in [3.8, 4) is 39.9 Å². The fraction of sp³-hybridized carbons (Fsp3) is 0.0217. The molecule has 0 N–H and O–H groups in total. The number of nitrogens with zero attached hydrogens (tertiary/aromatic N) is 4. The minimum Gasteiger partial charge on any atom is -0.278 e. The van der Waals surface area contributed by atoms with Gasteiger partial charge in [-0.15, -0.1) is 11.3 Å². The Kier molecular flexibility index (Phi) is 6.15. The highest BCUT2D eigenvalue weighted by Gasteiger charge is 2.30. The van der Waals surface area contributed by atoms with Crippen molar-refractivity contribution in [2.75, 3.05) is 0 Å². The number of benzene rings is 7. The summed E-state index contributed by atoms with van der Waals surface area (Å²) in [4.78, 5) is 15.2. The summed E-state index contributed by atoms with van der Waals surface area (Å²) in [7, 11) is 0. The third-order valence-electron chi connectivity index (χ3n) is 10.3. The minimum atomic E-state index is 0.218. The summed E-state index contributed by atoms with van der Waals surface area (Å²) in [6, 6.07) is 58.4. The van der Waals surface area contributed by atoms with E-state index in [0.29, 0.717) is 17.6 Å². The molecule has 0 unspecified atom stereocenters. The summed E-state index contributed by atoms with van der Waals surface area (Å²) in [5.41, 5.74) is 10.8. The molecule has 7 aromatic carbocycles. The lowest BCUT2D eigenvalue weighted by Crippen LogP contribution is -2.06. The normalized spacial score (nSPS) is 12.6. The lowest BCUT2D eigenvalue weighted by Gasteiger charge is -2.14.